The number of aromatic amines is 1. The molecule has 1 N–H and O–H groups in total. The molecule has 4 nitrogen and oxygen atoms in total. The minimum absolute atomic E-state index is 0.126. The first-order valence-electron chi connectivity index (χ1n) is 12.2. The Morgan fingerprint density at radius 2 is 1.76 bits per heavy atom. The van der Waals surface area contributed by atoms with Crippen LogP contribution in [0, 0.1) is 13.8 Å². The molecule has 0 amide bonds. The molecule has 0 spiro atoms. The summed E-state index contributed by atoms with van der Waals surface area (Å²) in [5, 5.41) is 8.14. The van der Waals surface area contributed by atoms with Crippen LogP contribution in [0.5, 0.6) is 0 Å². The molecule has 0 bridgehead atoms. The fraction of sp³-hybridized carbons (Fsp3) is 0.464. The average molecular weight is 511 g/mol. The predicted molar refractivity (Wildman–Crippen MR) is 139 cm³/mol. The molecule has 2 unspecified atom stereocenters. The Bertz CT molecular complexity index is 1060. The lowest BCUT2D eigenvalue weighted by molar-refractivity contribution is 0.0387. The molecule has 0 saturated carbocycles. The Morgan fingerprint density at radius 3 is 2.39 bits per heavy atom. The maximum Gasteiger partial charge on any atom is 0.0673 e. The van der Waals surface area contributed by atoms with Gasteiger partial charge in [-0.05, 0) is 80.0 Å². The lowest BCUT2D eigenvalue weighted by Crippen LogP contribution is -2.46. The molecule has 0 fully saturated rings. The zero-order valence-electron chi connectivity index (χ0n) is 20.5. The van der Waals surface area contributed by atoms with Gasteiger partial charge in [0.05, 0.1) is 18.3 Å². The van der Waals surface area contributed by atoms with Gasteiger partial charge in [0.25, 0.3) is 0 Å². The molecule has 1 aliphatic heterocycles. The van der Waals surface area contributed by atoms with E-state index in [0.29, 0.717) is 6.04 Å². The number of benzene rings is 2. The third-order valence-corrected chi connectivity index (χ3v) is 7.46. The molecule has 3 aromatic rings. The van der Waals surface area contributed by atoms with Gasteiger partial charge in [-0.2, -0.15) is 5.10 Å². The minimum Gasteiger partial charge on any atom is -0.380 e. The number of aryl methyl sites for hydroxylation is 4. The van der Waals surface area contributed by atoms with E-state index in [4.69, 9.17) is 9.84 Å². The van der Waals surface area contributed by atoms with Crippen LogP contribution in [0.15, 0.2) is 40.9 Å². The van der Waals surface area contributed by atoms with Gasteiger partial charge in [-0.15, -0.1) is 0 Å². The highest BCUT2D eigenvalue weighted by atomic mass is 79.9. The molecular weight excluding hydrogens is 474 g/mol. The van der Waals surface area contributed by atoms with Gasteiger partial charge >= 0.3 is 0 Å². The first-order valence-corrected chi connectivity index (χ1v) is 13.0. The Labute approximate surface area is 206 Å². The molecule has 2 atom stereocenters. The van der Waals surface area contributed by atoms with E-state index >= 15 is 0 Å². The van der Waals surface area contributed by atoms with E-state index in [1.165, 1.54) is 44.8 Å². The van der Waals surface area contributed by atoms with Gasteiger partial charge in [0.15, 0.2) is 0 Å². The Kier molecular flexibility index (Phi) is 7.72. The van der Waals surface area contributed by atoms with Gasteiger partial charge in [0.1, 0.15) is 0 Å². The Balaban J connectivity index is 1.93. The third kappa shape index (κ3) is 4.82. The summed E-state index contributed by atoms with van der Waals surface area (Å²) in [6, 6.07) is 13.8. The number of H-pyrrole nitrogens is 1. The van der Waals surface area contributed by atoms with Crippen LogP contribution < -0.4 is 0 Å². The van der Waals surface area contributed by atoms with E-state index in [2.05, 4.69) is 96.9 Å². The Hall–Kier alpha value is -1.95. The van der Waals surface area contributed by atoms with Crippen molar-refractivity contribution in [1.29, 1.82) is 0 Å². The van der Waals surface area contributed by atoms with Crippen LogP contribution in [0.1, 0.15) is 71.6 Å². The zero-order chi connectivity index (χ0) is 23.5. The molecule has 0 saturated heterocycles. The minimum atomic E-state index is 0.126. The summed E-state index contributed by atoms with van der Waals surface area (Å²) in [6.45, 7) is 13.4. The summed E-state index contributed by atoms with van der Waals surface area (Å²) in [5.41, 5.74) is 10.7. The van der Waals surface area contributed by atoms with Crippen molar-refractivity contribution in [2.45, 2.75) is 72.5 Å². The van der Waals surface area contributed by atoms with Gasteiger partial charge in [-0.3, -0.25) is 10.00 Å². The van der Waals surface area contributed by atoms with Crippen LogP contribution in [0.2, 0.25) is 0 Å². The summed E-state index contributed by atoms with van der Waals surface area (Å²) in [6.07, 6.45) is 2.85. The number of fused-ring (bicyclic) bond motifs is 1. The van der Waals surface area contributed by atoms with Crippen molar-refractivity contribution in [2.75, 3.05) is 13.2 Å². The van der Waals surface area contributed by atoms with Crippen LogP contribution in [0.25, 0.3) is 0 Å². The highest BCUT2D eigenvalue weighted by Gasteiger charge is 2.37. The van der Waals surface area contributed by atoms with E-state index in [1.54, 1.807) is 0 Å². The van der Waals surface area contributed by atoms with E-state index in [9.17, 15) is 0 Å². The average Bonchev–Trinajstić information content (AvgIpc) is 3.22. The first kappa shape index (κ1) is 24.2. The molecule has 33 heavy (non-hydrogen) atoms. The molecule has 0 radical (unpaired) electrons. The lowest BCUT2D eigenvalue weighted by atomic mass is 9.84. The van der Waals surface area contributed by atoms with Crippen LogP contribution in [-0.2, 0) is 30.5 Å². The smallest absolute Gasteiger partial charge is 0.0673 e. The lowest BCUT2D eigenvalue weighted by Gasteiger charge is -2.43. The second kappa shape index (κ2) is 10.5. The number of rotatable bonds is 8. The summed E-state index contributed by atoms with van der Waals surface area (Å²) >= 11 is 3.71. The molecule has 1 aromatic heterocycles. The van der Waals surface area contributed by atoms with E-state index in [-0.39, 0.29) is 6.04 Å². The molecule has 0 aliphatic carbocycles. The quantitative estimate of drug-likeness (QED) is 0.378. The molecule has 5 heteroatoms. The van der Waals surface area contributed by atoms with Gasteiger partial charge in [-0.1, -0.05) is 54.0 Å². The molecule has 1 aliphatic rings. The predicted octanol–water partition coefficient (Wildman–Crippen LogP) is 6.47. The molecule has 4 rings (SSSR count). The van der Waals surface area contributed by atoms with Crippen molar-refractivity contribution in [3.05, 3.63) is 85.6 Å². The number of nitrogens with one attached hydrogen (secondary N) is 1. The second-order valence-electron chi connectivity index (χ2n) is 9.08. The number of aromatic nitrogens is 2. The SMILES string of the molecule is CCOCC1Cc2ccccc2CN1C(c1c(C)cc(Br)cc1C)c1c(CC)n[nH]c1CC. The second-order valence-corrected chi connectivity index (χ2v) is 10.00. The van der Waals surface area contributed by atoms with Crippen molar-refractivity contribution in [2.24, 2.45) is 0 Å². The number of hydrogen-bond donors (Lipinski definition) is 1. The normalized spacial score (nSPS) is 17.2. The maximum atomic E-state index is 6.04. The number of ether oxygens (including phenoxy) is 1. The molecule has 2 heterocycles. The van der Waals surface area contributed by atoms with Gasteiger partial charge in [0, 0.05) is 34.9 Å². The van der Waals surface area contributed by atoms with Gasteiger partial charge in [0.2, 0.25) is 0 Å². The zero-order valence-corrected chi connectivity index (χ0v) is 22.1. The summed E-state index contributed by atoms with van der Waals surface area (Å²) in [7, 11) is 0. The summed E-state index contributed by atoms with van der Waals surface area (Å²) in [4.78, 5) is 2.68. The number of hydrogen-bond acceptors (Lipinski definition) is 3. The van der Waals surface area contributed by atoms with E-state index in [1.807, 2.05) is 0 Å². The van der Waals surface area contributed by atoms with Crippen molar-refractivity contribution in [1.82, 2.24) is 15.1 Å². The van der Waals surface area contributed by atoms with Gasteiger partial charge in [-0.25, -0.2) is 0 Å². The fourth-order valence-corrected chi connectivity index (χ4v) is 6.13. The van der Waals surface area contributed by atoms with Crippen molar-refractivity contribution in [3.63, 3.8) is 0 Å². The van der Waals surface area contributed by atoms with Crippen LogP contribution >= 0.6 is 15.9 Å². The maximum absolute atomic E-state index is 6.04. The third-order valence-electron chi connectivity index (χ3n) is 7.00. The van der Waals surface area contributed by atoms with E-state index in [0.717, 1.165) is 43.5 Å². The summed E-state index contributed by atoms with van der Waals surface area (Å²) in [5.74, 6) is 0. The summed E-state index contributed by atoms with van der Waals surface area (Å²) < 4.78 is 7.17. The molecular formula is C28H36BrN3O. The number of halogens is 1. The monoisotopic (exact) mass is 509 g/mol. The highest BCUT2D eigenvalue weighted by Crippen LogP contribution is 2.41. The largest absolute Gasteiger partial charge is 0.380 e. The van der Waals surface area contributed by atoms with Crippen molar-refractivity contribution < 1.29 is 4.74 Å². The van der Waals surface area contributed by atoms with Crippen molar-refractivity contribution in [3.8, 4) is 0 Å². The highest BCUT2D eigenvalue weighted by molar-refractivity contribution is 9.10. The van der Waals surface area contributed by atoms with Crippen LogP contribution in [0.3, 0.4) is 0 Å². The van der Waals surface area contributed by atoms with E-state index < -0.39 is 0 Å². The van der Waals surface area contributed by atoms with Crippen molar-refractivity contribution >= 4 is 15.9 Å². The Morgan fingerprint density at radius 1 is 1.06 bits per heavy atom. The first-order chi connectivity index (χ1) is 16.0. The van der Waals surface area contributed by atoms with Crippen LogP contribution in [0.4, 0.5) is 0 Å². The topological polar surface area (TPSA) is 41.1 Å². The van der Waals surface area contributed by atoms with Gasteiger partial charge < -0.3 is 4.74 Å². The molecule has 176 valence electrons. The fourth-order valence-electron chi connectivity index (χ4n) is 5.44. The molecule has 2 aromatic carbocycles. The van der Waals surface area contributed by atoms with Crippen LogP contribution in [-0.4, -0.2) is 34.4 Å². The standard InChI is InChI=1S/C28H36BrN3O/c1-6-24-27(25(7-2)31-30-24)28(26-18(4)13-22(29)14-19(26)5)32-16-21-12-10-9-11-20(21)15-23(32)17-33-8-3/h9-14,23,28H,6-8,15-17H2,1-5H3,(H,30,31). The number of nitrogens with zero attached hydrogens (tertiary/aromatic N) is 2.